The van der Waals surface area contributed by atoms with E-state index in [1.165, 1.54) is 6.42 Å². The zero-order chi connectivity index (χ0) is 11.1. The molecule has 0 spiro atoms. The van der Waals surface area contributed by atoms with Crippen LogP contribution in [-0.4, -0.2) is 26.3 Å². The third-order valence-electron chi connectivity index (χ3n) is 3.11. The summed E-state index contributed by atoms with van der Waals surface area (Å²) in [6.07, 6.45) is 4.30. The Morgan fingerprint density at radius 2 is 2.19 bits per heavy atom. The van der Waals surface area contributed by atoms with Gasteiger partial charge in [-0.15, -0.1) is 0 Å². The van der Waals surface area contributed by atoms with Crippen molar-refractivity contribution in [2.45, 2.75) is 36.6 Å². The molecule has 2 aliphatic rings. The highest BCUT2D eigenvalue weighted by molar-refractivity contribution is 7.91. The highest BCUT2D eigenvalue weighted by Crippen LogP contribution is 2.33. The van der Waals surface area contributed by atoms with Gasteiger partial charge in [-0.2, -0.15) is 4.98 Å². The largest absolute Gasteiger partial charge is 0.611 e. The maximum Gasteiger partial charge on any atom is 0.224 e. The Balaban J connectivity index is 1.95. The third kappa shape index (κ3) is 1.77. The molecular formula is C10H12ClN3OS. The van der Waals surface area contributed by atoms with Gasteiger partial charge < -0.3 is 9.87 Å². The first kappa shape index (κ1) is 10.6. The Kier molecular flexibility index (Phi) is 2.69. The number of fused-ring (bicyclic) bond motifs is 1. The lowest BCUT2D eigenvalue weighted by Gasteiger charge is -2.27. The minimum Gasteiger partial charge on any atom is -0.611 e. The van der Waals surface area contributed by atoms with E-state index in [4.69, 9.17) is 11.6 Å². The van der Waals surface area contributed by atoms with Gasteiger partial charge in [0.05, 0.1) is 0 Å². The first-order valence-electron chi connectivity index (χ1n) is 5.45. The van der Waals surface area contributed by atoms with Crippen molar-refractivity contribution in [3.63, 3.8) is 0 Å². The molecular weight excluding hydrogens is 246 g/mol. The fraction of sp³-hybridized carbons (Fsp3) is 0.600. The molecule has 1 unspecified atom stereocenters. The summed E-state index contributed by atoms with van der Waals surface area (Å²) >= 11 is 4.90. The van der Waals surface area contributed by atoms with E-state index < -0.39 is 11.2 Å². The van der Waals surface area contributed by atoms with Crippen molar-refractivity contribution >= 4 is 28.6 Å². The van der Waals surface area contributed by atoms with Crippen molar-refractivity contribution in [1.82, 2.24) is 9.97 Å². The number of hydrogen-bond donors (Lipinski definition) is 1. The molecule has 86 valence electrons. The second-order valence-electron chi connectivity index (χ2n) is 4.19. The zero-order valence-electron chi connectivity index (χ0n) is 8.70. The minimum atomic E-state index is -0.958. The molecule has 0 radical (unpaired) electrons. The molecule has 1 fully saturated rings. The van der Waals surface area contributed by atoms with Crippen LogP contribution in [0.4, 0.5) is 5.82 Å². The van der Waals surface area contributed by atoms with Crippen LogP contribution in [0.15, 0.2) is 4.90 Å². The molecule has 0 bridgehead atoms. The molecule has 0 amide bonds. The summed E-state index contributed by atoms with van der Waals surface area (Å²) in [5, 5.41) is 3.57. The third-order valence-corrected chi connectivity index (χ3v) is 4.73. The van der Waals surface area contributed by atoms with E-state index in [0.717, 1.165) is 29.9 Å². The quantitative estimate of drug-likeness (QED) is 0.648. The molecule has 4 nitrogen and oxygen atoms in total. The molecule has 1 N–H and O–H groups in total. The van der Waals surface area contributed by atoms with Crippen LogP contribution in [0.3, 0.4) is 0 Å². The number of hydrogen-bond acceptors (Lipinski definition) is 4. The van der Waals surface area contributed by atoms with Crippen LogP contribution >= 0.6 is 11.6 Å². The van der Waals surface area contributed by atoms with Gasteiger partial charge in [0, 0.05) is 12.5 Å². The number of rotatable bonds is 2. The first-order chi connectivity index (χ1) is 7.74. The summed E-state index contributed by atoms with van der Waals surface area (Å²) in [5.74, 6) is 1.33. The Labute approximate surface area is 102 Å². The summed E-state index contributed by atoms with van der Waals surface area (Å²) in [6, 6.07) is 0.465. The molecule has 1 aliphatic carbocycles. The summed E-state index contributed by atoms with van der Waals surface area (Å²) in [4.78, 5) is 9.08. The predicted octanol–water partition coefficient (Wildman–Crippen LogP) is 1.76. The minimum absolute atomic E-state index is 0.250. The van der Waals surface area contributed by atoms with Gasteiger partial charge in [0.25, 0.3) is 0 Å². The van der Waals surface area contributed by atoms with E-state index in [1.807, 2.05) is 0 Å². The molecule has 0 saturated heterocycles. The molecule has 0 aromatic carbocycles. The van der Waals surface area contributed by atoms with Crippen molar-refractivity contribution in [1.29, 1.82) is 0 Å². The van der Waals surface area contributed by atoms with Gasteiger partial charge in [-0.3, -0.25) is 0 Å². The maximum atomic E-state index is 11.8. The van der Waals surface area contributed by atoms with Gasteiger partial charge >= 0.3 is 0 Å². The highest BCUT2D eigenvalue weighted by Gasteiger charge is 2.33. The SMILES string of the molecule is [O-][S+]1CCc2nc(Cl)nc(NC3CCC3)c21. The average Bonchev–Trinajstić information content (AvgIpc) is 2.53. The second-order valence-corrected chi connectivity index (χ2v) is 6.03. The lowest BCUT2D eigenvalue weighted by Crippen LogP contribution is -2.28. The fourth-order valence-electron chi connectivity index (χ4n) is 2.01. The van der Waals surface area contributed by atoms with Crippen LogP contribution in [0.1, 0.15) is 25.0 Å². The van der Waals surface area contributed by atoms with E-state index in [1.54, 1.807) is 0 Å². The number of aryl methyl sites for hydroxylation is 1. The predicted molar refractivity (Wildman–Crippen MR) is 63.3 cm³/mol. The molecule has 6 heteroatoms. The lowest BCUT2D eigenvalue weighted by atomic mass is 9.93. The van der Waals surface area contributed by atoms with Crippen molar-refractivity contribution in [3.05, 3.63) is 11.0 Å². The lowest BCUT2D eigenvalue weighted by molar-refractivity contribution is 0.443. The molecule has 1 atom stereocenters. The first-order valence-corrected chi connectivity index (χ1v) is 7.15. The van der Waals surface area contributed by atoms with Gasteiger partial charge in [0.15, 0.2) is 5.82 Å². The van der Waals surface area contributed by atoms with Gasteiger partial charge in [-0.25, -0.2) is 4.98 Å². The smallest absolute Gasteiger partial charge is 0.224 e. The van der Waals surface area contributed by atoms with E-state index >= 15 is 0 Å². The van der Waals surface area contributed by atoms with Crippen molar-refractivity contribution < 1.29 is 4.55 Å². The average molecular weight is 258 g/mol. The number of nitrogens with zero attached hydrogens (tertiary/aromatic N) is 2. The Hall–Kier alpha value is -0.520. The topological polar surface area (TPSA) is 60.9 Å². The van der Waals surface area contributed by atoms with Crippen LogP contribution in [0.2, 0.25) is 5.28 Å². The standard InChI is InChI=1S/C10H12ClN3OS/c11-10-13-7-4-5-16(15)8(7)9(14-10)12-6-2-1-3-6/h6H,1-5H2,(H,12,13,14). The fourth-order valence-corrected chi connectivity index (χ4v) is 3.51. The van der Waals surface area contributed by atoms with Crippen molar-refractivity contribution in [3.8, 4) is 0 Å². The summed E-state index contributed by atoms with van der Waals surface area (Å²) in [6.45, 7) is 0. The van der Waals surface area contributed by atoms with E-state index in [0.29, 0.717) is 17.6 Å². The Morgan fingerprint density at radius 1 is 1.38 bits per heavy atom. The van der Waals surface area contributed by atoms with Crippen LogP contribution < -0.4 is 5.32 Å². The molecule has 3 rings (SSSR count). The summed E-state index contributed by atoms with van der Waals surface area (Å²) < 4.78 is 11.8. The van der Waals surface area contributed by atoms with Crippen LogP contribution in [-0.2, 0) is 17.6 Å². The van der Waals surface area contributed by atoms with Gasteiger partial charge in [0.1, 0.15) is 11.4 Å². The zero-order valence-corrected chi connectivity index (χ0v) is 10.3. The number of aromatic nitrogens is 2. The van der Waals surface area contributed by atoms with E-state index in [2.05, 4.69) is 15.3 Å². The number of halogens is 1. The molecule has 1 saturated carbocycles. The molecule has 1 aromatic heterocycles. The molecule has 1 aromatic rings. The van der Waals surface area contributed by atoms with Gasteiger partial charge in [-0.1, -0.05) is 0 Å². The normalized spacial score (nSPS) is 24.0. The van der Waals surface area contributed by atoms with Gasteiger partial charge in [0.2, 0.25) is 10.2 Å². The number of anilines is 1. The van der Waals surface area contributed by atoms with E-state index in [-0.39, 0.29) is 5.28 Å². The Morgan fingerprint density at radius 3 is 2.88 bits per heavy atom. The highest BCUT2D eigenvalue weighted by atomic mass is 35.5. The second kappa shape index (κ2) is 4.05. The number of nitrogens with one attached hydrogen (secondary N) is 1. The van der Waals surface area contributed by atoms with Crippen LogP contribution in [0.25, 0.3) is 0 Å². The van der Waals surface area contributed by atoms with E-state index in [9.17, 15) is 4.55 Å². The van der Waals surface area contributed by atoms with Crippen LogP contribution in [0.5, 0.6) is 0 Å². The van der Waals surface area contributed by atoms with Crippen LogP contribution in [0, 0.1) is 0 Å². The molecule has 2 heterocycles. The van der Waals surface area contributed by atoms with Gasteiger partial charge in [-0.05, 0) is 42.0 Å². The van der Waals surface area contributed by atoms with Crippen molar-refractivity contribution in [2.75, 3.05) is 11.1 Å². The van der Waals surface area contributed by atoms with Crippen molar-refractivity contribution in [2.24, 2.45) is 0 Å². The summed E-state index contributed by atoms with van der Waals surface area (Å²) in [5.41, 5.74) is 0.847. The summed E-state index contributed by atoms with van der Waals surface area (Å²) in [7, 11) is 0. The molecule has 1 aliphatic heterocycles. The Bertz CT molecular complexity index is 425. The monoisotopic (exact) mass is 257 g/mol. The molecule has 16 heavy (non-hydrogen) atoms. The maximum absolute atomic E-state index is 11.8.